The number of quaternary nitrogens is 2. The molecule has 2 N–H and O–H groups in total. The second-order valence-electron chi connectivity index (χ2n) is 5.42. The zero-order valence-electron chi connectivity index (χ0n) is 11.3. The summed E-state index contributed by atoms with van der Waals surface area (Å²) in [5, 5.41) is 2.19. The summed E-state index contributed by atoms with van der Waals surface area (Å²) in [5.41, 5.74) is 1.47. The quantitative estimate of drug-likeness (QED) is 0.790. The SMILES string of the molecule is c1ccc(C[NH+]2CC[NH+](Cc3cccs3)CC2)cc1. The first-order chi connectivity index (χ1) is 9.40. The smallest absolute Gasteiger partial charge is 0.127 e. The van der Waals surface area contributed by atoms with Crippen molar-refractivity contribution in [3.63, 3.8) is 0 Å². The van der Waals surface area contributed by atoms with Crippen LogP contribution >= 0.6 is 11.3 Å². The standard InChI is InChI=1S/C16H20N2S/c1-2-5-15(6-3-1)13-17-8-10-18(11-9-17)14-16-7-4-12-19-16/h1-7,12H,8-11,13-14H2/p+2. The third-order valence-corrected chi connectivity index (χ3v) is 4.84. The molecule has 1 aromatic heterocycles. The largest absolute Gasteiger partial charge is 0.322 e. The highest BCUT2D eigenvalue weighted by Crippen LogP contribution is 2.05. The number of hydrogen-bond acceptors (Lipinski definition) is 1. The Bertz CT molecular complexity index is 473. The number of nitrogens with one attached hydrogen (secondary N) is 2. The van der Waals surface area contributed by atoms with Gasteiger partial charge in [0, 0.05) is 5.56 Å². The lowest BCUT2D eigenvalue weighted by molar-refractivity contribution is -1.02. The second kappa shape index (κ2) is 6.33. The van der Waals surface area contributed by atoms with Gasteiger partial charge in [0.1, 0.15) is 39.3 Å². The van der Waals surface area contributed by atoms with E-state index in [9.17, 15) is 0 Å². The Labute approximate surface area is 119 Å². The first-order valence-corrected chi connectivity index (χ1v) is 8.01. The van der Waals surface area contributed by atoms with E-state index in [0.717, 1.165) is 0 Å². The van der Waals surface area contributed by atoms with E-state index in [4.69, 9.17) is 0 Å². The average Bonchev–Trinajstić information content (AvgIpc) is 2.95. The molecule has 2 heterocycles. The van der Waals surface area contributed by atoms with Gasteiger partial charge in [-0.2, -0.15) is 0 Å². The van der Waals surface area contributed by atoms with Gasteiger partial charge in [0.2, 0.25) is 0 Å². The van der Waals surface area contributed by atoms with E-state index in [-0.39, 0.29) is 0 Å². The van der Waals surface area contributed by atoms with E-state index in [0.29, 0.717) is 0 Å². The lowest BCUT2D eigenvalue weighted by Gasteiger charge is -2.29. The van der Waals surface area contributed by atoms with E-state index in [1.807, 2.05) is 11.3 Å². The first-order valence-electron chi connectivity index (χ1n) is 7.13. The summed E-state index contributed by atoms with van der Waals surface area (Å²) in [6, 6.07) is 15.3. The summed E-state index contributed by atoms with van der Waals surface area (Å²) in [4.78, 5) is 5.02. The summed E-state index contributed by atoms with van der Waals surface area (Å²) in [6.07, 6.45) is 0. The van der Waals surface area contributed by atoms with Crippen LogP contribution in [0.1, 0.15) is 10.4 Å². The lowest BCUT2D eigenvalue weighted by atomic mass is 10.2. The molecule has 1 aliphatic heterocycles. The van der Waals surface area contributed by atoms with Crippen LogP contribution in [0.3, 0.4) is 0 Å². The molecule has 1 saturated heterocycles. The molecule has 100 valence electrons. The van der Waals surface area contributed by atoms with Crippen LogP contribution in [0.5, 0.6) is 0 Å². The fourth-order valence-electron chi connectivity index (χ4n) is 2.85. The van der Waals surface area contributed by atoms with Crippen LogP contribution in [0, 0.1) is 0 Å². The Hall–Kier alpha value is -1.16. The van der Waals surface area contributed by atoms with Gasteiger partial charge in [0.25, 0.3) is 0 Å². The summed E-state index contributed by atoms with van der Waals surface area (Å²) in [7, 11) is 0. The van der Waals surface area contributed by atoms with Crippen LogP contribution in [0.15, 0.2) is 47.8 Å². The van der Waals surface area contributed by atoms with Crippen LogP contribution in [0.4, 0.5) is 0 Å². The molecular weight excluding hydrogens is 252 g/mol. The highest BCUT2D eigenvalue weighted by Gasteiger charge is 2.23. The van der Waals surface area contributed by atoms with Crippen molar-refractivity contribution in [1.29, 1.82) is 0 Å². The number of piperazine rings is 1. The first kappa shape index (κ1) is 12.9. The summed E-state index contributed by atoms with van der Waals surface area (Å²) in [6.45, 7) is 7.62. The molecule has 0 radical (unpaired) electrons. The topological polar surface area (TPSA) is 8.88 Å². The Morgan fingerprint density at radius 3 is 2.11 bits per heavy atom. The zero-order chi connectivity index (χ0) is 12.9. The molecule has 3 rings (SSSR count). The maximum absolute atomic E-state index is 2.26. The highest BCUT2D eigenvalue weighted by molar-refractivity contribution is 7.09. The van der Waals surface area contributed by atoms with Gasteiger partial charge in [-0.05, 0) is 11.4 Å². The predicted molar refractivity (Wildman–Crippen MR) is 79.6 cm³/mol. The minimum absolute atomic E-state index is 1.19. The second-order valence-corrected chi connectivity index (χ2v) is 6.45. The fraction of sp³-hybridized carbons (Fsp3) is 0.375. The molecule has 0 atom stereocenters. The van der Waals surface area contributed by atoms with E-state index >= 15 is 0 Å². The van der Waals surface area contributed by atoms with Crippen LogP contribution in [-0.4, -0.2) is 26.2 Å². The molecule has 0 unspecified atom stereocenters. The van der Waals surface area contributed by atoms with Gasteiger partial charge in [-0.15, -0.1) is 11.3 Å². The van der Waals surface area contributed by atoms with Crippen molar-refractivity contribution in [1.82, 2.24) is 0 Å². The normalized spacial score (nSPS) is 23.4. The molecular formula is C16H22N2S+2. The Morgan fingerprint density at radius 1 is 0.789 bits per heavy atom. The van der Waals surface area contributed by atoms with Crippen LogP contribution in [0.2, 0.25) is 0 Å². The van der Waals surface area contributed by atoms with Gasteiger partial charge >= 0.3 is 0 Å². The predicted octanol–water partition coefficient (Wildman–Crippen LogP) is 0.232. The van der Waals surface area contributed by atoms with Crippen LogP contribution in [-0.2, 0) is 13.1 Å². The molecule has 19 heavy (non-hydrogen) atoms. The van der Waals surface area contributed by atoms with Gasteiger partial charge < -0.3 is 9.80 Å². The minimum atomic E-state index is 1.19. The molecule has 0 bridgehead atoms. The third kappa shape index (κ3) is 3.66. The molecule has 2 nitrogen and oxygen atoms in total. The van der Waals surface area contributed by atoms with Gasteiger partial charge in [0.05, 0.1) is 4.88 Å². The van der Waals surface area contributed by atoms with Crippen molar-refractivity contribution in [3.8, 4) is 0 Å². The molecule has 1 aromatic carbocycles. The van der Waals surface area contributed by atoms with E-state index in [1.54, 1.807) is 9.80 Å². The van der Waals surface area contributed by atoms with E-state index in [1.165, 1.54) is 49.7 Å². The third-order valence-electron chi connectivity index (χ3n) is 3.97. The Balaban J connectivity index is 1.47. The van der Waals surface area contributed by atoms with Gasteiger partial charge in [-0.3, -0.25) is 0 Å². The van der Waals surface area contributed by atoms with E-state index in [2.05, 4.69) is 47.8 Å². The van der Waals surface area contributed by atoms with Crippen molar-refractivity contribution < 1.29 is 9.80 Å². The number of rotatable bonds is 4. The lowest BCUT2D eigenvalue weighted by Crippen LogP contribution is -3.27. The zero-order valence-corrected chi connectivity index (χ0v) is 12.1. The van der Waals surface area contributed by atoms with Gasteiger partial charge in [-0.25, -0.2) is 0 Å². The number of benzene rings is 1. The van der Waals surface area contributed by atoms with E-state index < -0.39 is 0 Å². The Kier molecular flexibility index (Phi) is 4.28. The molecule has 3 heteroatoms. The average molecular weight is 274 g/mol. The highest BCUT2D eigenvalue weighted by atomic mass is 32.1. The maximum Gasteiger partial charge on any atom is 0.127 e. The molecule has 0 amide bonds. The minimum Gasteiger partial charge on any atom is -0.322 e. The van der Waals surface area contributed by atoms with Crippen LogP contribution < -0.4 is 9.80 Å². The van der Waals surface area contributed by atoms with Crippen molar-refractivity contribution in [2.45, 2.75) is 13.1 Å². The maximum atomic E-state index is 2.26. The molecule has 1 fully saturated rings. The van der Waals surface area contributed by atoms with Gasteiger partial charge in [0.15, 0.2) is 0 Å². The van der Waals surface area contributed by atoms with Gasteiger partial charge in [-0.1, -0.05) is 36.4 Å². The Morgan fingerprint density at radius 2 is 1.47 bits per heavy atom. The molecule has 1 aliphatic rings. The number of thiophene rings is 1. The van der Waals surface area contributed by atoms with Crippen molar-refractivity contribution in [2.75, 3.05) is 26.2 Å². The van der Waals surface area contributed by atoms with Crippen molar-refractivity contribution in [2.24, 2.45) is 0 Å². The summed E-state index contributed by atoms with van der Waals surface area (Å²) >= 11 is 1.89. The molecule has 2 aromatic rings. The monoisotopic (exact) mass is 274 g/mol. The van der Waals surface area contributed by atoms with Crippen LogP contribution in [0.25, 0.3) is 0 Å². The summed E-state index contributed by atoms with van der Waals surface area (Å²) in [5.74, 6) is 0. The molecule has 0 saturated carbocycles. The van der Waals surface area contributed by atoms with Crippen molar-refractivity contribution in [3.05, 3.63) is 58.3 Å². The molecule has 0 spiro atoms. The number of hydrogen-bond donors (Lipinski definition) is 2. The fourth-order valence-corrected chi connectivity index (χ4v) is 3.63. The summed E-state index contributed by atoms with van der Waals surface area (Å²) < 4.78 is 0. The van der Waals surface area contributed by atoms with Crippen molar-refractivity contribution >= 4 is 11.3 Å². The molecule has 0 aliphatic carbocycles.